The Kier molecular flexibility index (Phi) is 6.14. The summed E-state index contributed by atoms with van der Waals surface area (Å²) in [5.41, 5.74) is 3.32. The number of benzene rings is 1. The number of ether oxygens (including phenoxy) is 1. The summed E-state index contributed by atoms with van der Waals surface area (Å²) in [5.74, 6) is -0.609. The minimum Gasteiger partial charge on any atom is -0.462 e. The zero-order valence-electron chi connectivity index (χ0n) is 16.3. The molecule has 1 N–H and O–H groups in total. The number of thiophene rings is 1. The van der Waals surface area contributed by atoms with Crippen LogP contribution in [0.4, 0.5) is 5.00 Å². The number of aryl methyl sites for hydroxylation is 1. The number of hydrogen-bond donors (Lipinski definition) is 1. The fraction of sp³-hybridized carbons (Fsp3) is 0.381. The van der Waals surface area contributed by atoms with Crippen LogP contribution in [0.25, 0.3) is 0 Å². The van der Waals surface area contributed by atoms with E-state index < -0.39 is 5.97 Å². The first-order valence-corrected chi connectivity index (χ1v) is 10.1. The van der Waals surface area contributed by atoms with Gasteiger partial charge < -0.3 is 15.0 Å². The van der Waals surface area contributed by atoms with Crippen molar-refractivity contribution in [3.05, 3.63) is 51.4 Å². The van der Waals surface area contributed by atoms with Gasteiger partial charge in [0.25, 0.3) is 0 Å². The Bertz CT molecular complexity index is 919. The molecular formula is C21H24N2O4S. The molecule has 28 heavy (non-hydrogen) atoms. The number of amides is 2. The highest BCUT2D eigenvalue weighted by Gasteiger charge is 2.30. The molecular weight excluding hydrogens is 376 g/mol. The van der Waals surface area contributed by atoms with Crippen molar-refractivity contribution in [1.82, 2.24) is 4.90 Å². The maximum atomic E-state index is 12.6. The van der Waals surface area contributed by atoms with E-state index in [1.54, 1.807) is 11.8 Å². The van der Waals surface area contributed by atoms with Crippen molar-refractivity contribution >= 4 is 34.1 Å². The lowest BCUT2D eigenvalue weighted by Crippen LogP contribution is -2.34. The van der Waals surface area contributed by atoms with Crippen LogP contribution in [0.15, 0.2) is 24.3 Å². The van der Waals surface area contributed by atoms with E-state index in [9.17, 15) is 14.4 Å². The zero-order chi connectivity index (χ0) is 20.3. The molecule has 6 nitrogen and oxygen atoms in total. The second-order valence-electron chi connectivity index (χ2n) is 6.83. The summed E-state index contributed by atoms with van der Waals surface area (Å²) in [6, 6.07) is 7.77. The van der Waals surface area contributed by atoms with Gasteiger partial charge in [-0.15, -0.1) is 11.3 Å². The summed E-state index contributed by atoms with van der Waals surface area (Å²) in [7, 11) is 0. The van der Waals surface area contributed by atoms with Crippen molar-refractivity contribution < 1.29 is 19.1 Å². The first kappa shape index (κ1) is 20.1. The van der Waals surface area contributed by atoms with Crippen LogP contribution in [0, 0.1) is 6.92 Å². The van der Waals surface area contributed by atoms with E-state index in [1.165, 1.54) is 18.3 Å². The molecule has 0 unspecified atom stereocenters. The van der Waals surface area contributed by atoms with E-state index in [4.69, 9.17) is 4.74 Å². The standard InChI is InChI=1S/C21H24N2O4S/c1-4-27-21(26)19-16-8-9-23(14(3)24)12-17(16)28-20(19)22-18(25)11-15-7-5-6-13(2)10-15/h5-7,10H,4,8-9,11-12H2,1-3H3,(H,22,25). The topological polar surface area (TPSA) is 75.7 Å². The van der Waals surface area contributed by atoms with Crippen molar-refractivity contribution in [3.63, 3.8) is 0 Å². The molecule has 1 aromatic heterocycles. The predicted octanol–water partition coefficient (Wildman–Crippen LogP) is 3.32. The Balaban J connectivity index is 1.86. The van der Waals surface area contributed by atoms with Crippen molar-refractivity contribution in [2.45, 2.75) is 40.2 Å². The van der Waals surface area contributed by atoms with Crippen molar-refractivity contribution in [2.75, 3.05) is 18.5 Å². The molecule has 0 fully saturated rings. The van der Waals surface area contributed by atoms with Crippen LogP contribution in [0.5, 0.6) is 0 Å². The molecule has 148 valence electrons. The molecule has 0 saturated carbocycles. The second kappa shape index (κ2) is 8.56. The van der Waals surface area contributed by atoms with Gasteiger partial charge >= 0.3 is 5.97 Å². The number of anilines is 1. The zero-order valence-corrected chi connectivity index (χ0v) is 17.1. The number of nitrogens with one attached hydrogen (secondary N) is 1. The maximum Gasteiger partial charge on any atom is 0.341 e. The van der Waals surface area contributed by atoms with Crippen molar-refractivity contribution in [3.8, 4) is 0 Å². The van der Waals surface area contributed by atoms with Gasteiger partial charge in [-0.3, -0.25) is 9.59 Å². The normalized spacial score (nSPS) is 13.0. The minimum atomic E-state index is -0.429. The molecule has 0 atom stereocenters. The van der Waals surface area contributed by atoms with Gasteiger partial charge in [0.1, 0.15) is 5.00 Å². The smallest absolute Gasteiger partial charge is 0.341 e. The molecule has 1 aliphatic heterocycles. The van der Waals surface area contributed by atoms with Gasteiger partial charge in [0.05, 0.1) is 25.1 Å². The van der Waals surface area contributed by atoms with E-state index in [0.717, 1.165) is 21.6 Å². The van der Waals surface area contributed by atoms with Gasteiger partial charge in [0.15, 0.2) is 0 Å². The molecule has 0 aliphatic carbocycles. The lowest BCUT2D eigenvalue weighted by Gasteiger charge is -2.25. The predicted molar refractivity (Wildman–Crippen MR) is 109 cm³/mol. The van der Waals surface area contributed by atoms with Crippen LogP contribution < -0.4 is 5.32 Å². The van der Waals surface area contributed by atoms with E-state index in [2.05, 4.69) is 5.32 Å². The second-order valence-corrected chi connectivity index (χ2v) is 7.94. The van der Waals surface area contributed by atoms with Crippen LogP contribution in [0.3, 0.4) is 0 Å². The number of nitrogens with zero attached hydrogens (tertiary/aromatic N) is 1. The van der Waals surface area contributed by atoms with Crippen LogP contribution in [0.1, 0.15) is 45.8 Å². The van der Waals surface area contributed by atoms with Crippen LogP contribution in [0.2, 0.25) is 0 Å². The monoisotopic (exact) mass is 400 g/mol. The van der Waals surface area contributed by atoms with E-state index in [0.29, 0.717) is 30.1 Å². The quantitative estimate of drug-likeness (QED) is 0.781. The third-order valence-corrected chi connectivity index (χ3v) is 5.81. The van der Waals surface area contributed by atoms with Gasteiger partial charge in [0, 0.05) is 18.3 Å². The number of hydrogen-bond acceptors (Lipinski definition) is 5. The lowest BCUT2D eigenvalue weighted by atomic mass is 10.0. The number of esters is 1. The molecule has 7 heteroatoms. The number of rotatable bonds is 5. The van der Waals surface area contributed by atoms with Crippen LogP contribution >= 0.6 is 11.3 Å². The van der Waals surface area contributed by atoms with Gasteiger partial charge in [0.2, 0.25) is 11.8 Å². The van der Waals surface area contributed by atoms with Crippen molar-refractivity contribution in [1.29, 1.82) is 0 Å². The third kappa shape index (κ3) is 4.42. The average Bonchev–Trinajstić information content (AvgIpc) is 2.98. The fourth-order valence-electron chi connectivity index (χ4n) is 3.36. The van der Waals surface area contributed by atoms with E-state index in [-0.39, 0.29) is 24.8 Å². The number of carbonyl (C=O) groups excluding carboxylic acids is 3. The minimum absolute atomic E-state index is 0.00164. The summed E-state index contributed by atoms with van der Waals surface area (Å²) in [6.45, 7) is 6.55. The molecule has 2 aromatic rings. The van der Waals surface area contributed by atoms with Crippen LogP contribution in [-0.4, -0.2) is 35.8 Å². The average molecular weight is 401 g/mol. The number of fused-ring (bicyclic) bond motifs is 1. The Morgan fingerprint density at radius 3 is 2.75 bits per heavy atom. The molecule has 0 radical (unpaired) electrons. The largest absolute Gasteiger partial charge is 0.462 e. The highest BCUT2D eigenvalue weighted by Crippen LogP contribution is 2.37. The Morgan fingerprint density at radius 2 is 2.07 bits per heavy atom. The maximum absolute atomic E-state index is 12.6. The fourth-order valence-corrected chi connectivity index (χ4v) is 4.63. The highest BCUT2D eigenvalue weighted by atomic mass is 32.1. The third-order valence-electron chi connectivity index (χ3n) is 4.68. The van der Waals surface area contributed by atoms with Crippen LogP contribution in [-0.2, 0) is 33.7 Å². The number of carbonyl (C=O) groups is 3. The molecule has 1 aromatic carbocycles. The van der Waals surface area contributed by atoms with E-state index >= 15 is 0 Å². The van der Waals surface area contributed by atoms with Gasteiger partial charge in [-0.05, 0) is 31.4 Å². The summed E-state index contributed by atoms with van der Waals surface area (Å²) < 4.78 is 5.22. The van der Waals surface area contributed by atoms with Gasteiger partial charge in [-0.25, -0.2) is 4.79 Å². The first-order chi connectivity index (χ1) is 13.4. The molecule has 0 bridgehead atoms. The summed E-state index contributed by atoms with van der Waals surface area (Å²) in [5, 5.41) is 3.40. The Hall–Kier alpha value is -2.67. The molecule has 0 saturated heterocycles. The molecule has 0 spiro atoms. The van der Waals surface area contributed by atoms with Gasteiger partial charge in [-0.1, -0.05) is 29.8 Å². The first-order valence-electron chi connectivity index (χ1n) is 9.31. The SMILES string of the molecule is CCOC(=O)c1c(NC(=O)Cc2cccc(C)c2)sc2c1CCN(C(C)=O)C2. The molecule has 2 heterocycles. The van der Waals surface area contributed by atoms with E-state index in [1.807, 2.05) is 31.2 Å². The summed E-state index contributed by atoms with van der Waals surface area (Å²) in [4.78, 5) is 39.5. The Morgan fingerprint density at radius 1 is 1.29 bits per heavy atom. The van der Waals surface area contributed by atoms with Gasteiger partial charge in [-0.2, -0.15) is 0 Å². The summed E-state index contributed by atoms with van der Waals surface area (Å²) in [6.07, 6.45) is 0.805. The Labute approximate surface area is 168 Å². The highest BCUT2D eigenvalue weighted by molar-refractivity contribution is 7.17. The molecule has 1 aliphatic rings. The molecule has 3 rings (SSSR count). The molecule has 2 amide bonds. The summed E-state index contributed by atoms with van der Waals surface area (Å²) >= 11 is 1.35. The van der Waals surface area contributed by atoms with Crippen molar-refractivity contribution in [2.24, 2.45) is 0 Å². The lowest BCUT2D eigenvalue weighted by molar-refractivity contribution is -0.129.